The Hall–Kier alpha value is -3.49. The van der Waals surface area contributed by atoms with Gasteiger partial charge in [0.25, 0.3) is 10.0 Å². The maximum Gasteiger partial charge on any atom is 0.261 e. The number of methoxy groups -OCH3 is 2. The number of amides is 1. The molecule has 9 heteroatoms. The molecular weight excluding hydrogens is 464 g/mol. The van der Waals surface area contributed by atoms with Crippen LogP contribution in [-0.2, 0) is 14.8 Å². The molecule has 0 aromatic heterocycles. The largest absolute Gasteiger partial charge is 0.493 e. The maximum absolute atomic E-state index is 12.6. The van der Waals surface area contributed by atoms with Crippen LogP contribution in [0.5, 0.6) is 11.5 Å². The lowest BCUT2D eigenvalue weighted by atomic mass is 10.2. The summed E-state index contributed by atoms with van der Waals surface area (Å²) < 4.78 is 38.2. The number of anilines is 2. The summed E-state index contributed by atoms with van der Waals surface area (Å²) in [5.74, 6) is 0.778. The van der Waals surface area contributed by atoms with Gasteiger partial charge in [-0.2, -0.15) is 0 Å². The monoisotopic (exact) mass is 486 g/mol. The number of carbonyl (C=O) groups is 1. The average Bonchev–Trinajstić information content (AvgIpc) is 2.80. The van der Waals surface area contributed by atoms with Crippen molar-refractivity contribution >= 4 is 45.0 Å². The number of aryl methyl sites for hydroxylation is 1. The number of ether oxygens (including phenoxy) is 2. The van der Waals surface area contributed by atoms with Crippen molar-refractivity contribution in [3.05, 3.63) is 82.9 Å². The Morgan fingerprint density at radius 1 is 0.909 bits per heavy atom. The van der Waals surface area contributed by atoms with Crippen LogP contribution in [-0.4, -0.2) is 28.5 Å². The van der Waals surface area contributed by atoms with Crippen LogP contribution in [0.25, 0.3) is 6.08 Å². The fourth-order valence-electron chi connectivity index (χ4n) is 2.90. The van der Waals surface area contributed by atoms with E-state index >= 15 is 0 Å². The second-order valence-corrected chi connectivity index (χ2v) is 9.12. The zero-order chi connectivity index (χ0) is 24.0. The molecule has 0 bridgehead atoms. The Bertz CT molecular complexity index is 1290. The van der Waals surface area contributed by atoms with Crippen LogP contribution >= 0.6 is 11.6 Å². The Labute approximate surface area is 198 Å². The first kappa shape index (κ1) is 24.2. The summed E-state index contributed by atoms with van der Waals surface area (Å²) in [6.07, 6.45) is 3.00. The van der Waals surface area contributed by atoms with Crippen molar-refractivity contribution in [2.75, 3.05) is 24.3 Å². The van der Waals surface area contributed by atoms with E-state index < -0.39 is 10.0 Å². The first-order chi connectivity index (χ1) is 15.7. The topological polar surface area (TPSA) is 93.7 Å². The molecule has 1 amide bonds. The van der Waals surface area contributed by atoms with Gasteiger partial charge >= 0.3 is 0 Å². The van der Waals surface area contributed by atoms with E-state index in [9.17, 15) is 13.2 Å². The Balaban J connectivity index is 1.65. The summed E-state index contributed by atoms with van der Waals surface area (Å²) in [5, 5.41) is 3.16. The molecule has 33 heavy (non-hydrogen) atoms. The zero-order valence-corrected chi connectivity index (χ0v) is 19.8. The predicted molar refractivity (Wildman–Crippen MR) is 131 cm³/mol. The van der Waals surface area contributed by atoms with Crippen LogP contribution < -0.4 is 19.5 Å². The van der Waals surface area contributed by atoms with Crippen LogP contribution in [0.3, 0.4) is 0 Å². The molecule has 0 saturated heterocycles. The van der Waals surface area contributed by atoms with E-state index in [-0.39, 0.29) is 10.8 Å². The van der Waals surface area contributed by atoms with Crippen molar-refractivity contribution < 1.29 is 22.7 Å². The van der Waals surface area contributed by atoms with E-state index in [4.69, 9.17) is 21.1 Å². The van der Waals surface area contributed by atoms with Crippen LogP contribution in [0.2, 0.25) is 5.02 Å². The summed E-state index contributed by atoms with van der Waals surface area (Å²) in [6, 6.07) is 16.0. The second kappa shape index (κ2) is 10.4. The van der Waals surface area contributed by atoms with Gasteiger partial charge in [-0.05, 0) is 72.7 Å². The van der Waals surface area contributed by atoms with E-state index in [1.54, 1.807) is 49.6 Å². The number of carbonyl (C=O) groups excluding carboxylic acids is 1. The second-order valence-electron chi connectivity index (χ2n) is 7.03. The van der Waals surface area contributed by atoms with Gasteiger partial charge in [0.05, 0.1) is 24.8 Å². The Morgan fingerprint density at radius 2 is 1.58 bits per heavy atom. The minimum Gasteiger partial charge on any atom is -0.493 e. The number of benzene rings is 3. The van der Waals surface area contributed by atoms with E-state index in [0.29, 0.717) is 27.9 Å². The molecule has 2 N–H and O–H groups in total. The van der Waals surface area contributed by atoms with Crippen molar-refractivity contribution in [3.63, 3.8) is 0 Å². The number of halogens is 1. The molecule has 0 radical (unpaired) electrons. The molecule has 0 fully saturated rings. The van der Waals surface area contributed by atoms with Crippen LogP contribution in [0.15, 0.2) is 71.6 Å². The van der Waals surface area contributed by atoms with E-state index in [0.717, 1.165) is 11.1 Å². The zero-order valence-electron chi connectivity index (χ0n) is 18.3. The summed E-state index contributed by atoms with van der Waals surface area (Å²) in [4.78, 5) is 12.3. The standard InChI is InChI=1S/C24H23ClN2O5S/c1-16-4-7-19(15-21(16)25)27-33(29,30)20-10-8-18(9-11-20)26-24(28)13-6-17-5-12-22(31-2)23(14-17)32-3/h4-15,27H,1-3H3,(H,26,28). The van der Waals surface area contributed by atoms with Crippen molar-refractivity contribution in [1.29, 1.82) is 0 Å². The van der Waals surface area contributed by atoms with Crippen LogP contribution in [0.1, 0.15) is 11.1 Å². The quantitative estimate of drug-likeness (QED) is 0.431. The van der Waals surface area contributed by atoms with E-state index in [2.05, 4.69) is 10.0 Å². The summed E-state index contributed by atoms with van der Waals surface area (Å²) in [5.41, 5.74) is 2.42. The molecule has 3 aromatic carbocycles. The molecule has 0 aliphatic carbocycles. The highest BCUT2D eigenvalue weighted by Crippen LogP contribution is 2.28. The number of nitrogens with one attached hydrogen (secondary N) is 2. The van der Waals surface area contributed by atoms with Gasteiger partial charge < -0.3 is 14.8 Å². The molecule has 0 atom stereocenters. The van der Waals surface area contributed by atoms with Crippen LogP contribution in [0, 0.1) is 6.92 Å². The Morgan fingerprint density at radius 3 is 2.21 bits per heavy atom. The minimum absolute atomic E-state index is 0.0538. The summed E-state index contributed by atoms with van der Waals surface area (Å²) >= 11 is 6.06. The van der Waals surface area contributed by atoms with Gasteiger partial charge in [0.15, 0.2) is 11.5 Å². The molecule has 7 nitrogen and oxygen atoms in total. The molecule has 0 saturated carbocycles. The van der Waals surface area contributed by atoms with E-state index in [1.807, 2.05) is 6.92 Å². The molecule has 0 spiro atoms. The van der Waals surface area contributed by atoms with Gasteiger partial charge in [0.2, 0.25) is 5.91 Å². The van der Waals surface area contributed by atoms with Crippen LogP contribution in [0.4, 0.5) is 11.4 Å². The molecule has 0 aliphatic rings. The summed E-state index contributed by atoms with van der Waals surface area (Å²) in [6.45, 7) is 1.83. The third-order valence-electron chi connectivity index (χ3n) is 4.69. The lowest BCUT2D eigenvalue weighted by molar-refractivity contribution is -0.111. The minimum atomic E-state index is -3.80. The molecular formula is C24H23ClN2O5S. The number of sulfonamides is 1. The molecule has 3 rings (SSSR count). The van der Waals surface area contributed by atoms with Gasteiger partial charge in [-0.25, -0.2) is 8.42 Å². The normalized spacial score (nSPS) is 11.3. The van der Waals surface area contributed by atoms with Gasteiger partial charge in [-0.15, -0.1) is 0 Å². The van der Waals surface area contributed by atoms with Gasteiger partial charge in [0, 0.05) is 16.8 Å². The number of hydrogen-bond donors (Lipinski definition) is 2. The van der Waals surface area contributed by atoms with Crippen molar-refractivity contribution in [3.8, 4) is 11.5 Å². The van der Waals surface area contributed by atoms with Gasteiger partial charge in [-0.3, -0.25) is 9.52 Å². The smallest absolute Gasteiger partial charge is 0.261 e. The van der Waals surface area contributed by atoms with Crippen molar-refractivity contribution in [2.45, 2.75) is 11.8 Å². The fourth-order valence-corrected chi connectivity index (χ4v) is 4.13. The molecule has 0 heterocycles. The highest BCUT2D eigenvalue weighted by molar-refractivity contribution is 7.92. The first-order valence-electron chi connectivity index (χ1n) is 9.82. The molecule has 0 unspecified atom stereocenters. The number of hydrogen-bond acceptors (Lipinski definition) is 5. The highest BCUT2D eigenvalue weighted by atomic mass is 35.5. The Kier molecular flexibility index (Phi) is 7.63. The van der Waals surface area contributed by atoms with Gasteiger partial charge in [0.1, 0.15) is 0 Å². The molecule has 0 aliphatic heterocycles. The van der Waals surface area contributed by atoms with Gasteiger partial charge in [-0.1, -0.05) is 23.7 Å². The lowest BCUT2D eigenvalue weighted by Gasteiger charge is -2.10. The average molecular weight is 487 g/mol. The lowest BCUT2D eigenvalue weighted by Crippen LogP contribution is -2.13. The SMILES string of the molecule is COc1ccc(C=CC(=O)Nc2ccc(S(=O)(=O)Nc3ccc(C)c(Cl)c3)cc2)cc1OC. The number of rotatable bonds is 8. The van der Waals surface area contributed by atoms with Crippen molar-refractivity contribution in [1.82, 2.24) is 0 Å². The first-order valence-corrected chi connectivity index (χ1v) is 11.7. The fraction of sp³-hybridized carbons (Fsp3) is 0.125. The third-order valence-corrected chi connectivity index (χ3v) is 6.50. The molecule has 3 aromatic rings. The predicted octanol–water partition coefficient (Wildman–Crippen LogP) is 5.12. The maximum atomic E-state index is 12.6. The summed E-state index contributed by atoms with van der Waals surface area (Å²) in [7, 11) is -0.722. The van der Waals surface area contributed by atoms with Crippen molar-refractivity contribution in [2.24, 2.45) is 0 Å². The molecule has 172 valence electrons. The van der Waals surface area contributed by atoms with E-state index in [1.165, 1.54) is 37.5 Å². The third kappa shape index (κ3) is 6.27. The highest BCUT2D eigenvalue weighted by Gasteiger charge is 2.15.